The summed E-state index contributed by atoms with van der Waals surface area (Å²) in [6, 6.07) is 0. The van der Waals surface area contributed by atoms with Crippen molar-refractivity contribution < 1.29 is 4.74 Å². The van der Waals surface area contributed by atoms with Gasteiger partial charge < -0.3 is 4.74 Å². The van der Waals surface area contributed by atoms with Crippen LogP contribution in [0.2, 0.25) is 5.15 Å². The van der Waals surface area contributed by atoms with E-state index >= 15 is 0 Å². The molecule has 0 spiro atoms. The molecule has 0 N–H and O–H groups in total. The van der Waals surface area contributed by atoms with Crippen LogP contribution >= 0.6 is 27.5 Å². The molecule has 0 saturated heterocycles. The van der Waals surface area contributed by atoms with E-state index in [1.807, 2.05) is 6.92 Å². The molecule has 1 aromatic heterocycles. The SMILES string of the molecule is CCOC(c1nc(Cl)c(Br)c(C(C)(C)C)n1)C(C)(C)C. The molecule has 0 aliphatic rings. The van der Waals surface area contributed by atoms with Crippen LogP contribution in [0.15, 0.2) is 4.47 Å². The van der Waals surface area contributed by atoms with Crippen molar-refractivity contribution in [3.8, 4) is 0 Å². The summed E-state index contributed by atoms with van der Waals surface area (Å²) in [4.78, 5) is 9.14. The summed E-state index contributed by atoms with van der Waals surface area (Å²) in [5, 5.41) is 0.439. The largest absolute Gasteiger partial charge is 0.370 e. The van der Waals surface area contributed by atoms with Gasteiger partial charge in [0.1, 0.15) is 11.3 Å². The van der Waals surface area contributed by atoms with Crippen molar-refractivity contribution >= 4 is 27.5 Å². The van der Waals surface area contributed by atoms with Gasteiger partial charge in [-0.1, -0.05) is 53.1 Å². The van der Waals surface area contributed by atoms with E-state index < -0.39 is 0 Å². The number of halogens is 2. The molecule has 3 nitrogen and oxygen atoms in total. The fraction of sp³-hybridized carbons (Fsp3) is 0.733. The minimum Gasteiger partial charge on any atom is -0.370 e. The molecule has 1 atom stereocenters. The number of rotatable bonds is 3. The Bertz CT molecular complexity index is 478. The highest BCUT2D eigenvalue weighted by Gasteiger charge is 2.32. The first-order valence-electron chi connectivity index (χ1n) is 6.83. The van der Waals surface area contributed by atoms with E-state index in [-0.39, 0.29) is 16.9 Å². The Morgan fingerprint density at radius 3 is 2.10 bits per heavy atom. The van der Waals surface area contributed by atoms with Crippen molar-refractivity contribution in [1.82, 2.24) is 9.97 Å². The van der Waals surface area contributed by atoms with E-state index in [2.05, 4.69) is 62.5 Å². The van der Waals surface area contributed by atoms with Crippen molar-refractivity contribution in [2.24, 2.45) is 5.41 Å². The normalized spacial score (nSPS) is 14.4. The Morgan fingerprint density at radius 2 is 1.70 bits per heavy atom. The van der Waals surface area contributed by atoms with E-state index in [1.165, 1.54) is 0 Å². The fourth-order valence-electron chi connectivity index (χ4n) is 1.93. The summed E-state index contributed by atoms with van der Waals surface area (Å²) in [7, 11) is 0. The monoisotopic (exact) mass is 362 g/mol. The van der Waals surface area contributed by atoms with E-state index in [1.54, 1.807) is 0 Å². The zero-order chi connectivity index (χ0) is 15.7. The van der Waals surface area contributed by atoms with Gasteiger partial charge in [0, 0.05) is 12.0 Å². The molecule has 0 saturated carbocycles. The van der Waals surface area contributed by atoms with Gasteiger partial charge in [-0.3, -0.25) is 0 Å². The van der Waals surface area contributed by atoms with Crippen LogP contribution in [0.5, 0.6) is 0 Å². The zero-order valence-electron chi connectivity index (χ0n) is 13.3. The van der Waals surface area contributed by atoms with Crippen molar-refractivity contribution in [2.75, 3.05) is 6.61 Å². The molecule has 1 heterocycles. The predicted molar refractivity (Wildman–Crippen MR) is 87.3 cm³/mol. The van der Waals surface area contributed by atoms with Crippen LogP contribution in [0.4, 0.5) is 0 Å². The summed E-state index contributed by atoms with van der Waals surface area (Å²) in [6.07, 6.45) is -0.181. The highest BCUT2D eigenvalue weighted by Crippen LogP contribution is 2.38. The van der Waals surface area contributed by atoms with Crippen molar-refractivity contribution in [3.63, 3.8) is 0 Å². The highest BCUT2D eigenvalue weighted by molar-refractivity contribution is 9.10. The second kappa shape index (κ2) is 6.29. The highest BCUT2D eigenvalue weighted by atomic mass is 79.9. The van der Waals surface area contributed by atoms with E-state index in [0.717, 1.165) is 10.2 Å². The number of nitrogens with zero attached hydrogens (tertiary/aromatic N) is 2. The van der Waals surface area contributed by atoms with Crippen LogP contribution in [-0.2, 0) is 10.2 Å². The molecule has 0 fully saturated rings. The van der Waals surface area contributed by atoms with Gasteiger partial charge in [-0.05, 0) is 28.3 Å². The van der Waals surface area contributed by atoms with Crippen molar-refractivity contribution in [3.05, 3.63) is 21.1 Å². The summed E-state index contributed by atoms with van der Waals surface area (Å²) in [6.45, 7) is 15.2. The summed E-state index contributed by atoms with van der Waals surface area (Å²) in [5.74, 6) is 0.650. The van der Waals surface area contributed by atoms with Crippen LogP contribution in [-0.4, -0.2) is 16.6 Å². The van der Waals surface area contributed by atoms with Crippen LogP contribution in [0, 0.1) is 5.41 Å². The van der Waals surface area contributed by atoms with Crippen LogP contribution in [0.3, 0.4) is 0 Å². The molecule has 0 bridgehead atoms. The first-order valence-corrected chi connectivity index (χ1v) is 8.00. The molecule has 1 rings (SSSR count). The Balaban J connectivity index is 3.42. The number of hydrogen-bond acceptors (Lipinski definition) is 3. The maximum Gasteiger partial charge on any atom is 0.159 e. The first kappa shape index (κ1) is 17.9. The average Bonchev–Trinajstić information content (AvgIpc) is 2.26. The third-order valence-corrected chi connectivity index (χ3v) is 4.15. The maximum absolute atomic E-state index is 6.27. The van der Waals surface area contributed by atoms with E-state index in [4.69, 9.17) is 21.3 Å². The number of hydrogen-bond donors (Lipinski definition) is 0. The average molecular weight is 364 g/mol. The van der Waals surface area contributed by atoms with Crippen molar-refractivity contribution in [2.45, 2.75) is 60.0 Å². The Morgan fingerprint density at radius 1 is 1.15 bits per heavy atom. The fourth-order valence-corrected chi connectivity index (χ4v) is 2.88. The minimum atomic E-state index is -0.181. The van der Waals surface area contributed by atoms with Gasteiger partial charge in [0.05, 0.1) is 10.2 Å². The quantitative estimate of drug-likeness (QED) is 0.682. The number of ether oxygens (including phenoxy) is 1. The third-order valence-electron chi connectivity index (χ3n) is 2.89. The topological polar surface area (TPSA) is 35.0 Å². The Kier molecular flexibility index (Phi) is 5.61. The lowest BCUT2D eigenvalue weighted by molar-refractivity contribution is -0.0193. The van der Waals surface area contributed by atoms with Gasteiger partial charge in [-0.2, -0.15) is 0 Å². The van der Waals surface area contributed by atoms with Gasteiger partial charge in [-0.25, -0.2) is 9.97 Å². The molecule has 1 aromatic rings. The third kappa shape index (κ3) is 4.15. The molecule has 0 radical (unpaired) electrons. The van der Waals surface area contributed by atoms with Gasteiger partial charge in [-0.15, -0.1) is 0 Å². The molecule has 0 amide bonds. The first-order chi connectivity index (χ1) is 8.98. The summed E-state index contributed by atoms with van der Waals surface area (Å²) in [5.41, 5.74) is 0.693. The molecule has 0 aliphatic carbocycles. The van der Waals surface area contributed by atoms with Crippen LogP contribution in [0.1, 0.15) is 66.1 Å². The van der Waals surface area contributed by atoms with E-state index in [9.17, 15) is 0 Å². The van der Waals surface area contributed by atoms with Gasteiger partial charge in [0.25, 0.3) is 0 Å². The molecule has 5 heteroatoms. The van der Waals surface area contributed by atoms with Crippen molar-refractivity contribution in [1.29, 1.82) is 0 Å². The van der Waals surface area contributed by atoms with Crippen LogP contribution in [0.25, 0.3) is 0 Å². The lowest BCUT2D eigenvalue weighted by atomic mass is 9.87. The second-order valence-corrected chi connectivity index (χ2v) is 8.14. The molecule has 20 heavy (non-hydrogen) atoms. The molecular weight excluding hydrogens is 340 g/mol. The smallest absolute Gasteiger partial charge is 0.159 e. The standard InChI is InChI=1S/C15H24BrClN2O/c1-8-20-11(15(5,6)7)13-18-10(14(2,3)4)9(16)12(17)19-13/h11H,8H2,1-7H3. The van der Waals surface area contributed by atoms with Gasteiger partial charge in [0.15, 0.2) is 5.82 Å². The Labute approximate surface area is 135 Å². The van der Waals surface area contributed by atoms with Crippen LogP contribution < -0.4 is 0 Å². The molecular formula is C15H24BrClN2O. The summed E-state index contributed by atoms with van der Waals surface area (Å²) < 4.78 is 6.62. The maximum atomic E-state index is 6.27. The second-order valence-electron chi connectivity index (χ2n) is 6.99. The predicted octanol–water partition coefficient (Wildman–Crippen LogP) is 5.31. The van der Waals surface area contributed by atoms with Gasteiger partial charge >= 0.3 is 0 Å². The number of aromatic nitrogens is 2. The van der Waals surface area contributed by atoms with E-state index in [0.29, 0.717) is 17.6 Å². The minimum absolute atomic E-state index is 0.0949. The summed E-state index contributed by atoms with van der Waals surface area (Å²) >= 11 is 9.76. The molecule has 1 unspecified atom stereocenters. The Hall–Kier alpha value is -0.190. The molecule has 114 valence electrons. The molecule has 0 aliphatic heterocycles. The zero-order valence-corrected chi connectivity index (χ0v) is 15.7. The lowest BCUT2D eigenvalue weighted by Crippen LogP contribution is -2.26. The molecule has 0 aromatic carbocycles. The lowest BCUT2D eigenvalue weighted by Gasteiger charge is -2.30. The van der Waals surface area contributed by atoms with Gasteiger partial charge in [0.2, 0.25) is 0 Å².